The highest BCUT2D eigenvalue weighted by atomic mass is 16.3. The van der Waals surface area contributed by atoms with Crippen molar-refractivity contribution in [1.82, 2.24) is 0 Å². The minimum atomic E-state index is -0.920. The van der Waals surface area contributed by atoms with Crippen molar-refractivity contribution in [2.24, 2.45) is 0 Å². The summed E-state index contributed by atoms with van der Waals surface area (Å²) in [5.41, 5.74) is 19.7. The third kappa shape index (κ3) is 6.64. The van der Waals surface area contributed by atoms with Crippen molar-refractivity contribution in [1.29, 1.82) is 0 Å². The molecule has 4 nitrogen and oxygen atoms in total. The van der Waals surface area contributed by atoms with Gasteiger partial charge in [-0.05, 0) is 127 Å². The predicted molar refractivity (Wildman–Crippen MR) is 355 cm³/mol. The molecule has 2 aliphatic carbocycles. The first-order valence-electron chi connectivity index (χ1n) is 29.6. The minimum Gasteiger partial charge on any atom is -0.454 e. The zero-order chi connectivity index (χ0) is 56.5. The lowest BCUT2D eigenvalue weighted by molar-refractivity contribution is 0.437. The van der Waals surface area contributed by atoms with Crippen molar-refractivity contribution in [2.75, 3.05) is 9.80 Å². The van der Waals surface area contributed by atoms with E-state index in [4.69, 9.17) is 8.83 Å². The van der Waals surface area contributed by atoms with E-state index in [0.29, 0.717) is 0 Å². The van der Waals surface area contributed by atoms with Crippen LogP contribution in [0.5, 0.6) is 0 Å². The average Bonchev–Trinajstić information content (AvgIpc) is 1.47. The molecular formula is C82H52N2O2. The number of hydrogen-bond donors (Lipinski definition) is 0. The van der Waals surface area contributed by atoms with Crippen LogP contribution in [-0.2, 0) is 10.8 Å². The number of para-hydroxylation sites is 4. The molecule has 402 valence electrons. The maximum atomic E-state index is 7.01. The van der Waals surface area contributed by atoms with Crippen LogP contribution in [0.4, 0.5) is 34.1 Å². The molecular weight excluding hydrogens is 1040 g/mol. The predicted octanol–water partition coefficient (Wildman–Crippen LogP) is 22.1. The Balaban J connectivity index is 0.979. The molecule has 0 fully saturated rings. The lowest BCUT2D eigenvalue weighted by Crippen LogP contribution is -2.50. The maximum absolute atomic E-state index is 7.01. The Kier molecular flexibility index (Phi) is 10.5. The van der Waals surface area contributed by atoms with Crippen LogP contribution in [0, 0.1) is 0 Å². The van der Waals surface area contributed by atoms with Gasteiger partial charge in [0.15, 0.2) is 11.2 Å². The smallest absolute Gasteiger partial charge is 0.159 e. The first-order valence-corrected chi connectivity index (χ1v) is 29.6. The molecule has 0 spiro atoms. The van der Waals surface area contributed by atoms with Gasteiger partial charge in [0.1, 0.15) is 11.2 Å². The van der Waals surface area contributed by atoms with Crippen LogP contribution in [-0.4, -0.2) is 0 Å². The summed E-state index contributed by atoms with van der Waals surface area (Å²) < 4.78 is 14.0. The van der Waals surface area contributed by atoms with Crippen molar-refractivity contribution in [3.63, 3.8) is 0 Å². The monoisotopic (exact) mass is 1100 g/mol. The molecule has 14 aromatic carbocycles. The van der Waals surface area contributed by atoms with E-state index in [1.165, 1.54) is 55.6 Å². The van der Waals surface area contributed by atoms with E-state index >= 15 is 0 Å². The van der Waals surface area contributed by atoms with Crippen LogP contribution in [0.15, 0.2) is 324 Å². The summed E-state index contributed by atoms with van der Waals surface area (Å²) in [6, 6.07) is 117. The van der Waals surface area contributed by atoms with E-state index in [1.807, 2.05) is 0 Å². The van der Waals surface area contributed by atoms with Gasteiger partial charge in [-0.25, -0.2) is 0 Å². The Labute approximate surface area is 497 Å². The molecule has 16 aromatic rings. The second-order valence-electron chi connectivity index (χ2n) is 23.0. The van der Waals surface area contributed by atoms with Crippen LogP contribution in [0.2, 0.25) is 0 Å². The average molecular weight is 1100 g/mol. The summed E-state index contributed by atoms with van der Waals surface area (Å²) >= 11 is 0. The molecule has 0 saturated carbocycles. The van der Waals surface area contributed by atoms with Crippen LogP contribution in [0.25, 0.3) is 87.7 Å². The molecule has 4 heteroatoms. The second-order valence-corrected chi connectivity index (χ2v) is 23.0. The van der Waals surface area contributed by atoms with E-state index in [-0.39, 0.29) is 0 Å². The molecule has 18 rings (SSSR count). The number of furan rings is 2. The highest BCUT2D eigenvalue weighted by Crippen LogP contribution is 2.70. The summed E-state index contributed by atoms with van der Waals surface area (Å²) in [7, 11) is 0. The lowest BCUT2D eigenvalue weighted by atomic mass is 9.49. The van der Waals surface area contributed by atoms with E-state index in [1.54, 1.807) is 0 Å². The Bertz CT molecular complexity index is 5060. The van der Waals surface area contributed by atoms with Crippen LogP contribution in [0.3, 0.4) is 0 Å². The van der Waals surface area contributed by atoms with Crippen LogP contribution in [0.1, 0.15) is 33.4 Å². The quantitative estimate of drug-likeness (QED) is 0.144. The Morgan fingerprint density at radius 1 is 0.233 bits per heavy atom. The Morgan fingerprint density at radius 3 is 1.03 bits per heavy atom. The van der Waals surface area contributed by atoms with Gasteiger partial charge in [-0.3, -0.25) is 0 Å². The molecule has 0 amide bonds. The highest BCUT2D eigenvalue weighted by molar-refractivity contribution is 6.14. The topological polar surface area (TPSA) is 32.8 Å². The summed E-state index contributed by atoms with van der Waals surface area (Å²) in [5, 5.41) is 8.92. The fourth-order valence-electron chi connectivity index (χ4n) is 15.5. The van der Waals surface area contributed by atoms with Gasteiger partial charge < -0.3 is 18.6 Å². The van der Waals surface area contributed by atoms with Gasteiger partial charge in [0, 0.05) is 43.7 Å². The van der Waals surface area contributed by atoms with Crippen LogP contribution >= 0.6 is 0 Å². The van der Waals surface area contributed by atoms with Crippen LogP contribution < -0.4 is 9.80 Å². The fourth-order valence-corrected chi connectivity index (χ4v) is 15.5. The first kappa shape index (κ1) is 48.3. The molecule has 86 heavy (non-hydrogen) atoms. The third-order valence-electron chi connectivity index (χ3n) is 18.8. The molecule has 0 N–H and O–H groups in total. The summed E-state index contributed by atoms with van der Waals surface area (Å²) in [6.07, 6.45) is 0. The molecule has 0 bridgehead atoms. The molecule has 0 aliphatic heterocycles. The molecule has 2 unspecified atom stereocenters. The van der Waals surface area contributed by atoms with E-state index in [2.05, 4.69) is 325 Å². The zero-order valence-electron chi connectivity index (χ0n) is 46.7. The summed E-state index contributed by atoms with van der Waals surface area (Å²) in [6.45, 7) is 0. The fraction of sp³-hybridized carbons (Fsp3) is 0.0244. The summed E-state index contributed by atoms with van der Waals surface area (Å²) in [4.78, 5) is 4.91. The molecule has 2 aliphatic rings. The molecule has 2 aromatic heterocycles. The van der Waals surface area contributed by atoms with Gasteiger partial charge in [0.05, 0.1) is 33.6 Å². The Morgan fingerprint density at radius 2 is 0.570 bits per heavy atom. The van der Waals surface area contributed by atoms with Gasteiger partial charge >= 0.3 is 0 Å². The largest absolute Gasteiger partial charge is 0.454 e. The van der Waals surface area contributed by atoms with E-state index in [9.17, 15) is 0 Å². The van der Waals surface area contributed by atoms with Crippen molar-refractivity contribution in [3.8, 4) is 22.3 Å². The zero-order valence-corrected chi connectivity index (χ0v) is 46.7. The number of benzene rings is 14. The van der Waals surface area contributed by atoms with Crippen molar-refractivity contribution >= 4 is 99.5 Å². The molecule has 2 atom stereocenters. The summed E-state index contributed by atoms with van der Waals surface area (Å²) in [5.74, 6) is 0. The first-order chi connectivity index (χ1) is 42.7. The molecule has 2 heterocycles. The van der Waals surface area contributed by atoms with Crippen molar-refractivity contribution in [2.45, 2.75) is 10.8 Å². The molecule has 0 radical (unpaired) electrons. The number of anilines is 6. The number of rotatable bonds is 9. The lowest BCUT2D eigenvalue weighted by Gasteiger charge is -2.51. The highest BCUT2D eigenvalue weighted by Gasteiger charge is 2.64. The number of nitrogens with zero attached hydrogens (tertiary/aromatic N) is 2. The van der Waals surface area contributed by atoms with Gasteiger partial charge in [-0.1, -0.05) is 255 Å². The van der Waals surface area contributed by atoms with Gasteiger partial charge in [-0.2, -0.15) is 0 Å². The normalized spacial score (nSPS) is 15.8. The van der Waals surface area contributed by atoms with Gasteiger partial charge in [-0.15, -0.1) is 0 Å². The second kappa shape index (κ2) is 18.7. The Hall–Kier alpha value is -11.2. The number of fused-ring (bicyclic) bond motifs is 14. The van der Waals surface area contributed by atoms with E-state index < -0.39 is 10.8 Å². The van der Waals surface area contributed by atoms with Crippen molar-refractivity contribution < 1.29 is 8.83 Å². The maximum Gasteiger partial charge on any atom is 0.159 e. The van der Waals surface area contributed by atoms with Crippen molar-refractivity contribution in [3.05, 3.63) is 349 Å². The van der Waals surface area contributed by atoms with Gasteiger partial charge in [0.2, 0.25) is 0 Å². The molecule has 0 saturated heterocycles. The SMILES string of the molecule is c1ccc(C2(C3(c4ccccc4)c4ccccc4-c4ccc(N(c5cccc6ccccc56)c5cccc6c5oc5ccccc56)cc43)c3ccccc3-c3ccc(N(c4cccc5ccccc45)c4cccc5c4oc4ccccc45)cc32)cc1. The van der Waals surface area contributed by atoms with Gasteiger partial charge in [0.25, 0.3) is 0 Å². The standard InChI is InChI=1S/C82H52N2O2/c1-3-27-55(28-4-1)81(69-39-15-11-33-61(69)63-49-47-57(51-71(63)81)83(73-41-19-25-53-23-7-9-31-59(53)73)75-43-21-37-67-65-35-13-17-45-77(65)85-79(67)75)82(56-29-5-2-6-30-56)70-40-16-12-34-62(70)64-50-48-58(52-72(64)82)84(74-42-20-26-54-24-8-10-32-60(54)74)76-44-22-38-68-66-36-14-18-46-78(66)86-80(68)76/h1-52H. The number of hydrogen-bond acceptors (Lipinski definition) is 4. The van der Waals surface area contributed by atoms with E-state index in [0.717, 1.165) is 99.5 Å². The third-order valence-corrected chi connectivity index (χ3v) is 18.8. The minimum absolute atomic E-state index is 0.834.